The first-order valence-electron chi connectivity index (χ1n) is 12.8. The Hall–Kier alpha value is -2.79. The van der Waals surface area contributed by atoms with Crippen molar-refractivity contribution in [2.45, 2.75) is 74.4 Å². The molecule has 0 unspecified atom stereocenters. The fraction of sp³-hybridized carbons (Fsp3) is 0.577. The van der Waals surface area contributed by atoms with Crippen LogP contribution >= 0.6 is 23.4 Å². The van der Waals surface area contributed by atoms with Gasteiger partial charge < -0.3 is 25.0 Å². The molecule has 0 aromatic carbocycles. The lowest BCUT2D eigenvalue weighted by Crippen LogP contribution is -2.54. The largest absolute Gasteiger partial charge is 0.481 e. The number of hydrogen-bond acceptors (Lipinski definition) is 9. The van der Waals surface area contributed by atoms with Crippen molar-refractivity contribution in [3.8, 4) is 0 Å². The lowest BCUT2D eigenvalue weighted by Gasteiger charge is -2.40. The first kappa shape index (κ1) is 28.2. The Morgan fingerprint density at radius 3 is 2.37 bits per heavy atom. The average Bonchev–Trinajstić information content (AvgIpc) is 2.85. The van der Waals surface area contributed by atoms with Crippen LogP contribution in [0.25, 0.3) is 0 Å². The Morgan fingerprint density at radius 2 is 1.79 bits per heavy atom. The molecule has 0 spiro atoms. The molecule has 2 aromatic rings. The van der Waals surface area contributed by atoms with Crippen molar-refractivity contribution >= 4 is 47.1 Å². The van der Waals surface area contributed by atoms with E-state index in [1.165, 1.54) is 11.8 Å². The zero-order valence-corrected chi connectivity index (χ0v) is 23.8. The van der Waals surface area contributed by atoms with Crippen LogP contribution in [0.15, 0.2) is 34.6 Å². The summed E-state index contributed by atoms with van der Waals surface area (Å²) in [5.41, 5.74) is -0.863. The molecule has 0 aliphatic carbocycles. The van der Waals surface area contributed by atoms with E-state index >= 15 is 0 Å². The maximum atomic E-state index is 12.2. The average molecular weight is 563 g/mol. The van der Waals surface area contributed by atoms with Gasteiger partial charge in [-0.1, -0.05) is 23.4 Å². The second kappa shape index (κ2) is 11.5. The Balaban J connectivity index is 1.33. The number of aliphatic carboxylic acids is 1. The molecular formula is C26H35ClN6O4S. The first-order valence-corrected chi connectivity index (χ1v) is 14.0. The third kappa shape index (κ3) is 7.19. The minimum Gasteiger partial charge on any atom is -0.481 e. The fourth-order valence-electron chi connectivity index (χ4n) is 4.60. The smallest absolute Gasteiger partial charge is 0.408 e. The van der Waals surface area contributed by atoms with Crippen LogP contribution in [-0.2, 0) is 9.53 Å². The number of carbonyl (C=O) groups is 2. The highest BCUT2D eigenvalue weighted by molar-refractivity contribution is 7.99. The number of amides is 1. The molecule has 38 heavy (non-hydrogen) atoms. The molecule has 0 atom stereocenters. The van der Waals surface area contributed by atoms with Gasteiger partial charge in [0.05, 0.1) is 23.3 Å². The van der Waals surface area contributed by atoms with E-state index in [0.29, 0.717) is 41.8 Å². The van der Waals surface area contributed by atoms with Crippen LogP contribution in [0.1, 0.15) is 53.4 Å². The monoisotopic (exact) mass is 562 g/mol. The number of piperidine rings is 2. The predicted molar refractivity (Wildman–Crippen MR) is 147 cm³/mol. The summed E-state index contributed by atoms with van der Waals surface area (Å²) in [7, 11) is 0. The minimum absolute atomic E-state index is 0.314. The number of rotatable bonds is 6. The molecule has 10 nitrogen and oxygen atoms in total. The predicted octanol–water partition coefficient (Wildman–Crippen LogP) is 4.86. The molecule has 2 fully saturated rings. The van der Waals surface area contributed by atoms with Gasteiger partial charge in [0.15, 0.2) is 0 Å². The van der Waals surface area contributed by atoms with Crippen molar-refractivity contribution in [3.63, 3.8) is 0 Å². The lowest BCUT2D eigenvalue weighted by atomic mass is 9.90. The number of carbonyl (C=O) groups excluding carboxylic acids is 1. The van der Waals surface area contributed by atoms with Gasteiger partial charge in [0.1, 0.15) is 22.3 Å². The number of anilines is 2. The van der Waals surface area contributed by atoms with E-state index in [9.17, 15) is 14.7 Å². The molecule has 4 rings (SSSR count). The molecular weight excluding hydrogens is 528 g/mol. The zero-order chi connectivity index (χ0) is 27.5. The van der Waals surface area contributed by atoms with Gasteiger partial charge in [-0.15, -0.1) is 0 Å². The number of ether oxygens (including phenoxy) is 1. The lowest BCUT2D eigenvalue weighted by molar-refractivity contribution is -0.142. The van der Waals surface area contributed by atoms with Crippen molar-refractivity contribution < 1.29 is 19.4 Å². The molecule has 1 amide bonds. The molecule has 0 bridgehead atoms. The van der Waals surface area contributed by atoms with Gasteiger partial charge in [0.25, 0.3) is 0 Å². The summed E-state index contributed by atoms with van der Waals surface area (Å²) in [5.74, 6) is 0.398. The summed E-state index contributed by atoms with van der Waals surface area (Å²) in [6.07, 6.45) is 7.50. The van der Waals surface area contributed by atoms with Gasteiger partial charge in [0, 0.05) is 42.8 Å². The Morgan fingerprint density at radius 1 is 1.11 bits per heavy atom. The van der Waals surface area contributed by atoms with Gasteiger partial charge >= 0.3 is 12.1 Å². The van der Waals surface area contributed by atoms with Gasteiger partial charge in [-0.25, -0.2) is 19.7 Å². The van der Waals surface area contributed by atoms with Crippen LogP contribution in [0, 0.1) is 5.92 Å². The summed E-state index contributed by atoms with van der Waals surface area (Å²) >= 11 is 8.12. The molecule has 2 aromatic heterocycles. The van der Waals surface area contributed by atoms with E-state index in [1.807, 2.05) is 38.7 Å². The second-order valence-electron chi connectivity index (χ2n) is 11.0. The first-order chi connectivity index (χ1) is 17.9. The molecule has 2 N–H and O–H groups in total. The van der Waals surface area contributed by atoms with Crippen molar-refractivity contribution in [2.75, 3.05) is 36.0 Å². The molecule has 0 radical (unpaired) electrons. The number of aromatic nitrogens is 3. The highest BCUT2D eigenvalue weighted by Gasteiger charge is 2.33. The summed E-state index contributed by atoms with van der Waals surface area (Å²) in [6.45, 7) is 10.3. The molecule has 2 aliphatic heterocycles. The van der Waals surface area contributed by atoms with E-state index in [1.54, 1.807) is 18.6 Å². The van der Waals surface area contributed by atoms with Crippen LogP contribution in [0.2, 0.25) is 5.02 Å². The van der Waals surface area contributed by atoms with Crippen molar-refractivity contribution in [2.24, 2.45) is 5.92 Å². The maximum absolute atomic E-state index is 12.2. The second-order valence-corrected chi connectivity index (χ2v) is 12.5. The van der Waals surface area contributed by atoms with Gasteiger partial charge in [-0.2, -0.15) is 0 Å². The topological polar surface area (TPSA) is 121 Å². The van der Waals surface area contributed by atoms with Crippen LogP contribution in [-0.4, -0.2) is 69.4 Å². The molecule has 2 saturated heterocycles. The quantitative estimate of drug-likeness (QED) is 0.504. The summed E-state index contributed by atoms with van der Waals surface area (Å²) in [6, 6.07) is 1.85. The number of pyridine rings is 1. The molecule has 4 heterocycles. The van der Waals surface area contributed by atoms with Crippen LogP contribution in [0.4, 0.5) is 16.4 Å². The SMILES string of the molecule is CC1(NC(=O)OC(C)(C)C)CCN(c2cnc(Sc3ccnc(N4CCC(C(=O)O)CC4)c3Cl)cn2)CC1. The third-order valence-corrected chi connectivity index (χ3v) is 8.27. The molecule has 0 saturated carbocycles. The van der Waals surface area contributed by atoms with Gasteiger partial charge in [-0.05, 0) is 59.4 Å². The molecule has 12 heteroatoms. The fourth-order valence-corrected chi connectivity index (χ4v) is 5.69. The van der Waals surface area contributed by atoms with Crippen molar-refractivity contribution in [1.29, 1.82) is 0 Å². The van der Waals surface area contributed by atoms with Gasteiger partial charge in [0.2, 0.25) is 0 Å². The van der Waals surface area contributed by atoms with Gasteiger partial charge in [-0.3, -0.25) is 4.79 Å². The summed E-state index contributed by atoms with van der Waals surface area (Å²) < 4.78 is 5.42. The zero-order valence-electron chi connectivity index (χ0n) is 22.2. The van der Waals surface area contributed by atoms with Crippen molar-refractivity contribution in [3.05, 3.63) is 29.7 Å². The highest BCUT2D eigenvalue weighted by Crippen LogP contribution is 2.38. The van der Waals surface area contributed by atoms with Crippen molar-refractivity contribution in [1.82, 2.24) is 20.3 Å². The number of halogens is 1. The summed E-state index contributed by atoms with van der Waals surface area (Å²) in [4.78, 5) is 42.2. The standard InChI is InChI=1S/C26H35ClN6O4S/c1-25(2,3)37-24(36)31-26(4)8-13-32(14-9-26)19-15-30-20(16-29-19)38-18-5-10-28-22(21(18)27)33-11-6-17(7-12-33)23(34)35/h5,10,15-17H,6-9,11-14H2,1-4H3,(H,31,36)(H,34,35). The highest BCUT2D eigenvalue weighted by atomic mass is 35.5. The van der Waals surface area contributed by atoms with Crippen LogP contribution < -0.4 is 15.1 Å². The Kier molecular flexibility index (Phi) is 8.56. The van der Waals surface area contributed by atoms with E-state index in [2.05, 4.69) is 25.2 Å². The van der Waals surface area contributed by atoms with E-state index < -0.39 is 17.7 Å². The molecule has 206 valence electrons. The minimum atomic E-state index is -0.744. The molecule has 2 aliphatic rings. The Labute approximate surface area is 232 Å². The number of carboxylic acids is 1. The number of alkyl carbamates (subject to hydrolysis) is 1. The summed E-state index contributed by atoms with van der Waals surface area (Å²) in [5, 5.41) is 13.5. The van der Waals surface area contributed by atoms with E-state index in [0.717, 1.165) is 36.6 Å². The third-order valence-electron chi connectivity index (χ3n) is 6.80. The normalized spacial score (nSPS) is 18.2. The van der Waals surface area contributed by atoms with Crippen LogP contribution in [0.5, 0.6) is 0 Å². The number of hydrogen-bond donors (Lipinski definition) is 2. The Bertz CT molecular complexity index is 1140. The van der Waals surface area contributed by atoms with E-state index in [4.69, 9.17) is 16.3 Å². The number of carboxylic acid groups (broad SMARTS) is 1. The maximum Gasteiger partial charge on any atom is 0.408 e. The number of nitrogens with zero attached hydrogens (tertiary/aromatic N) is 5. The van der Waals surface area contributed by atoms with Crippen LogP contribution in [0.3, 0.4) is 0 Å². The number of nitrogens with one attached hydrogen (secondary N) is 1. The van der Waals surface area contributed by atoms with E-state index in [-0.39, 0.29) is 11.5 Å².